The minimum Gasteiger partial charge on any atom is -0.497 e. The average Bonchev–Trinajstić information content (AvgIpc) is 3.30. The van der Waals surface area contributed by atoms with Crippen molar-refractivity contribution in [1.82, 2.24) is 4.90 Å². The highest BCUT2D eigenvalue weighted by Crippen LogP contribution is 2.31. The van der Waals surface area contributed by atoms with Crippen molar-refractivity contribution in [3.63, 3.8) is 0 Å². The summed E-state index contributed by atoms with van der Waals surface area (Å²) in [4.78, 5) is 33.3. The quantitative estimate of drug-likeness (QED) is 0.578. The molecule has 1 aliphatic rings. The van der Waals surface area contributed by atoms with Gasteiger partial charge in [0.1, 0.15) is 11.0 Å². The Bertz CT molecular complexity index is 1070. The Morgan fingerprint density at radius 2 is 1.90 bits per heavy atom. The lowest BCUT2D eigenvalue weighted by molar-refractivity contribution is -0.129. The van der Waals surface area contributed by atoms with E-state index in [4.69, 9.17) is 4.74 Å². The zero-order valence-corrected chi connectivity index (χ0v) is 18.5. The average molecular weight is 452 g/mol. The molecular weight excluding hydrogens is 430 g/mol. The van der Waals surface area contributed by atoms with Crippen LogP contribution in [0, 0.1) is 0 Å². The molecule has 1 atom stereocenters. The smallest absolute Gasteiger partial charge is 0.238 e. The summed E-state index contributed by atoms with van der Waals surface area (Å²) in [5.41, 5.74) is 1.40. The topological polar surface area (TPSA) is 71.0 Å². The van der Waals surface area contributed by atoms with Gasteiger partial charge in [-0.05, 0) is 47.8 Å². The second-order valence-electron chi connectivity index (χ2n) is 6.82. The number of carbonyl (C=O) groups excluding carboxylic acids is 2. The number of hydrogen-bond acceptors (Lipinski definition) is 6. The maximum absolute atomic E-state index is 13.0. The normalized spacial score (nSPS) is 17.6. The summed E-state index contributed by atoms with van der Waals surface area (Å²) in [6.07, 6.45) is 0.117. The van der Waals surface area contributed by atoms with Crippen molar-refractivity contribution < 1.29 is 14.3 Å². The fourth-order valence-corrected chi connectivity index (χ4v) is 4.86. The summed E-state index contributed by atoms with van der Waals surface area (Å²) in [7, 11) is 1.59. The second kappa shape index (κ2) is 9.80. The molecule has 0 aliphatic carbocycles. The number of amidine groups is 1. The molecule has 0 bridgehead atoms. The van der Waals surface area contributed by atoms with Gasteiger partial charge in [0.15, 0.2) is 5.17 Å². The lowest BCUT2D eigenvalue weighted by Gasteiger charge is -2.31. The molecule has 1 aliphatic heterocycles. The number of amides is 2. The van der Waals surface area contributed by atoms with Crippen LogP contribution in [0.2, 0.25) is 0 Å². The summed E-state index contributed by atoms with van der Waals surface area (Å²) < 4.78 is 5.15. The zero-order valence-electron chi connectivity index (χ0n) is 16.9. The van der Waals surface area contributed by atoms with Crippen molar-refractivity contribution in [1.29, 1.82) is 0 Å². The Morgan fingerprint density at radius 3 is 2.58 bits per heavy atom. The molecule has 0 saturated carbocycles. The van der Waals surface area contributed by atoms with Gasteiger partial charge in [-0.3, -0.25) is 14.5 Å². The molecule has 1 saturated heterocycles. The van der Waals surface area contributed by atoms with Crippen molar-refractivity contribution in [3.8, 4) is 5.75 Å². The number of rotatable bonds is 6. The van der Waals surface area contributed by atoms with Gasteiger partial charge in [-0.1, -0.05) is 36.0 Å². The van der Waals surface area contributed by atoms with Gasteiger partial charge in [0.25, 0.3) is 0 Å². The van der Waals surface area contributed by atoms with Crippen LogP contribution in [0.15, 0.2) is 77.1 Å². The number of nitrogens with zero attached hydrogens (tertiary/aromatic N) is 2. The highest BCUT2D eigenvalue weighted by molar-refractivity contribution is 8.15. The van der Waals surface area contributed by atoms with Crippen LogP contribution in [-0.2, 0) is 16.1 Å². The number of carbonyl (C=O) groups is 2. The molecule has 31 heavy (non-hydrogen) atoms. The number of hydrogen-bond donors (Lipinski definition) is 1. The Labute approximate surface area is 188 Å². The van der Waals surface area contributed by atoms with E-state index in [1.165, 1.54) is 11.8 Å². The highest BCUT2D eigenvalue weighted by Gasteiger charge is 2.36. The lowest BCUT2D eigenvalue weighted by atomic mass is 10.2. The van der Waals surface area contributed by atoms with E-state index < -0.39 is 5.25 Å². The van der Waals surface area contributed by atoms with Crippen LogP contribution in [0.25, 0.3) is 0 Å². The van der Waals surface area contributed by atoms with Crippen molar-refractivity contribution in [3.05, 3.63) is 77.0 Å². The van der Waals surface area contributed by atoms with E-state index in [0.29, 0.717) is 23.1 Å². The van der Waals surface area contributed by atoms with E-state index in [9.17, 15) is 9.59 Å². The first-order chi connectivity index (χ1) is 15.1. The van der Waals surface area contributed by atoms with Crippen LogP contribution in [0.3, 0.4) is 0 Å². The van der Waals surface area contributed by atoms with Crippen LogP contribution >= 0.6 is 23.1 Å². The van der Waals surface area contributed by atoms with E-state index in [0.717, 1.165) is 10.6 Å². The third kappa shape index (κ3) is 5.34. The van der Waals surface area contributed by atoms with E-state index in [1.54, 1.807) is 47.6 Å². The fourth-order valence-electron chi connectivity index (χ4n) is 3.07. The molecule has 1 unspecified atom stereocenters. The Morgan fingerprint density at radius 1 is 1.13 bits per heavy atom. The summed E-state index contributed by atoms with van der Waals surface area (Å²) in [5.74, 6) is 0.374. The summed E-state index contributed by atoms with van der Waals surface area (Å²) in [6, 6.07) is 20.5. The predicted octanol–water partition coefficient (Wildman–Crippen LogP) is 4.92. The molecule has 3 aromatic rings. The minimum absolute atomic E-state index is 0.114. The Kier molecular flexibility index (Phi) is 6.69. The summed E-state index contributed by atoms with van der Waals surface area (Å²) in [5, 5.41) is 4.85. The van der Waals surface area contributed by atoms with Gasteiger partial charge in [0.2, 0.25) is 11.8 Å². The molecule has 2 heterocycles. The Balaban J connectivity index is 1.55. The standard InChI is InChI=1S/C23H21N3O3S2/c1-29-18-11-9-17(10-12-18)24-22(28)20-14-21(27)26(15-19-8-5-13-30-19)23(31-20)25-16-6-3-2-4-7-16/h2-13,20H,14-15H2,1H3,(H,24,28). The second-order valence-corrected chi connectivity index (χ2v) is 9.02. The van der Waals surface area contributed by atoms with E-state index in [-0.39, 0.29) is 18.2 Å². The van der Waals surface area contributed by atoms with Gasteiger partial charge in [0.05, 0.1) is 19.3 Å². The molecule has 158 valence electrons. The van der Waals surface area contributed by atoms with Crippen LogP contribution in [0.5, 0.6) is 5.75 Å². The van der Waals surface area contributed by atoms with Gasteiger partial charge in [0, 0.05) is 17.0 Å². The number of anilines is 1. The highest BCUT2D eigenvalue weighted by atomic mass is 32.2. The van der Waals surface area contributed by atoms with Crippen LogP contribution < -0.4 is 10.1 Å². The molecule has 0 spiro atoms. The maximum Gasteiger partial charge on any atom is 0.238 e. The van der Waals surface area contributed by atoms with Crippen molar-refractivity contribution in [2.75, 3.05) is 12.4 Å². The van der Waals surface area contributed by atoms with Crippen molar-refractivity contribution in [2.24, 2.45) is 4.99 Å². The third-order valence-electron chi connectivity index (χ3n) is 4.66. The van der Waals surface area contributed by atoms with E-state index in [1.807, 2.05) is 47.8 Å². The van der Waals surface area contributed by atoms with Crippen LogP contribution in [0.1, 0.15) is 11.3 Å². The first-order valence-corrected chi connectivity index (χ1v) is 11.5. The van der Waals surface area contributed by atoms with Crippen LogP contribution in [0.4, 0.5) is 11.4 Å². The molecule has 1 fully saturated rings. The Hall–Kier alpha value is -3.10. The predicted molar refractivity (Wildman–Crippen MR) is 126 cm³/mol. The first kappa shape index (κ1) is 21.1. The van der Waals surface area contributed by atoms with E-state index in [2.05, 4.69) is 10.3 Å². The van der Waals surface area contributed by atoms with E-state index >= 15 is 0 Å². The number of benzene rings is 2. The number of nitrogens with one attached hydrogen (secondary N) is 1. The number of methoxy groups -OCH3 is 1. The molecule has 6 nitrogen and oxygen atoms in total. The number of ether oxygens (including phenoxy) is 1. The first-order valence-electron chi connectivity index (χ1n) is 9.70. The molecule has 8 heteroatoms. The van der Waals surface area contributed by atoms with Gasteiger partial charge in [-0.2, -0.15) is 0 Å². The molecule has 2 aromatic carbocycles. The van der Waals surface area contributed by atoms with Crippen molar-refractivity contribution in [2.45, 2.75) is 18.2 Å². The molecule has 1 N–H and O–H groups in total. The van der Waals surface area contributed by atoms with Gasteiger partial charge < -0.3 is 10.1 Å². The fraction of sp³-hybridized carbons (Fsp3) is 0.174. The minimum atomic E-state index is -0.559. The monoisotopic (exact) mass is 451 g/mol. The number of aliphatic imine (C=N–C) groups is 1. The SMILES string of the molecule is COc1ccc(NC(=O)C2CC(=O)N(Cc3cccs3)C(=Nc3ccccc3)S2)cc1. The molecule has 0 radical (unpaired) electrons. The summed E-state index contributed by atoms with van der Waals surface area (Å²) in [6.45, 7) is 0.446. The van der Waals surface area contributed by atoms with Gasteiger partial charge >= 0.3 is 0 Å². The van der Waals surface area contributed by atoms with Crippen LogP contribution in [-0.4, -0.2) is 34.2 Å². The zero-order chi connectivity index (χ0) is 21.6. The lowest BCUT2D eigenvalue weighted by Crippen LogP contribution is -2.44. The molecular formula is C23H21N3O3S2. The number of para-hydroxylation sites is 1. The van der Waals surface area contributed by atoms with Gasteiger partial charge in [-0.15, -0.1) is 11.3 Å². The van der Waals surface area contributed by atoms with Crippen molar-refractivity contribution >= 4 is 51.5 Å². The van der Waals surface area contributed by atoms with Gasteiger partial charge in [-0.25, -0.2) is 4.99 Å². The largest absolute Gasteiger partial charge is 0.497 e. The molecule has 1 aromatic heterocycles. The molecule has 4 rings (SSSR count). The molecule has 2 amide bonds. The third-order valence-corrected chi connectivity index (χ3v) is 6.71. The number of thioether (sulfide) groups is 1. The number of thiophene rings is 1. The summed E-state index contributed by atoms with van der Waals surface area (Å²) >= 11 is 2.91. The maximum atomic E-state index is 13.0.